The van der Waals surface area contributed by atoms with Gasteiger partial charge in [0.05, 0.1) is 0 Å². The van der Waals surface area contributed by atoms with Crippen LogP contribution in [-0.2, 0) is 5.41 Å². The van der Waals surface area contributed by atoms with Crippen LogP contribution in [0.5, 0.6) is 0 Å². The lowest BCUT2D eigenvalue weighted by Gasteiger charge is -2.36. The summed E-state index contributed by atoms with van der Waals surface area (Å²) in [6, 6.07) is 0.881. The molecule has 2 atom stereocenters. The van der Waals surface area contributed by atoms with Crippen LogP contribution < -0.4 is 16.0 Å². The summed E-state index contributed by atoms with van der Waals surface area (Å²) in [6.07, 6.45) is 1.87. The number of nitrogens with one attached hydrogen (secondary N) is 1. The van der Waals surface area contributed by atoms with Crippen LogP contribution in [-0.4, -0.2) is 35.1 Å². The van der Waals surface area contributed by atoms with Gasteiger partial charge in [0.15, 0.2) is 0 Å². The van der Waals surface area contributed by atoms with Crippen LogP contribution in [0.2, 0.25) is 0 Å². The summed E-state index contributed by atoms with van der Waals surface area (Å²) in [7, 11) is 0. The van der Waals surface area contributed by atoms with Crippen LogP contribution in [0.1, 0.15) is 40.2 Å². The molecule has 0 unspecified atom stereocenters. The van der Waals surface area contributed by atoms with Gasteiger partial charge in [-0.3, -0.25) is 0 Å². The third kappa shape index (κ3) is 3.15. The SMILES string of the molecule is C[C@@H]1CN(c2ncc(C(C)(C)C)c(N)n2)C[C@@H](C)N1. The molecule has 1 aliphatic rings. The Labute approximate surface area is 115 Å². The molecule has 0 bridgehead atoms. The van der Waals surface area contributed by atoms with E-state index in [1.807, 2.05) is 6.20 Å². The van der Waals surface area contributed by atoms with Gasteiger partial charge < -0.3 is 16.0 Å². The standard InChI is InChI=1S/C14H25N5/c1-9-7-19(8-10(2)17-9)13-16-6-11(12(15)18-13)14(3,4)5/h6,9-10,17H,7-8H2,1-5H3,(H2,15,16,18)/t9-,10-/m1/s1. The molecule has 5 heteroatoms. The van der Waals surface area contributed by atoms with E-state index in [1.54, 1.807) is 0 Å². The summed E-state index contributed by atoms with van der Waals surface area (Å²) in [5, 5.41) is 3.50. The second-order valence-electron chi connectivity index (χ2n) is 6.59. The lowest BCUT2D eigenvalue weighted by atomic mass is 9.88. The van der Waals surface area contributed by atoms with Crippen molar-refractivity contribution < 1.29 is 0 Å². The molecule has 0 saturated carbocycles. The molecule has 1 aromatic rings. The Morgan fingerprint density at radius 2 is 1.84 bits per heavy atom. The second-order valence-corrected chi connectivity index (χ2v) is 6.59. The Hall–Kier alpha value is -1.36. The van der Waals surface area contributed by atoms with E-state index in [0.29, 0.717) is 17.9 Å². The van der Waals surface area contributed by atoms with Crippen molar-refractivity contribution in [3.63, 3.8) is 0 Å². The lowest BCUT2D eigenvalue weighted by Crippen LogP contribution is -2.54. The number of aromatic nitrogens is 2. The first-order chi connectivity index (χ1) is 8.77. The fraction of sp³-hybridized carbons (Fsp3) is 0.714. The van der Waals surface area contributed by atoms with E-state index in [2.05, 4.69) is 54.8 Å². The fourth-order valence-corrected chi connectivity index (χ4v) is 2.61. The molecule has 0 amide bonds. The third-order valence-electron chi connectivity index (χ3n) is 3.45. The molecule has 5 nitrogen and oxygen atoms in total. The smallest absolute Gasteiger partial charge is 0.227 e. The quantitative estimate of drug-likeness (QED) is 0.804. The van der Waals surface area contributed by atoms with Crippen molar-refractivity contribution in [3.05, 3.63) is 11.8 Å². The minimum atomic E-state index is -0.0212. The minimum Gasteiger partial charge on any atom is -0.383 e. The molecule has 1 saturated heterocycles. The molecule has 1 aromatic heterocycles. The summed E-state index contributed by atoms with van der Waals surface area (Å²) in [5.74, 6) is 1.34. The third-order valence-corrected chi connectivity index (χ3v) is 3.45. The minimum absolute atomic E-state index is 0.0212. The predicted molar refractivity (Wildman–Crippen MR) is 79.4 cm³/mol. The zero-order valence-electron chi connectivity index (χ0n) is 12.6. The van der Waals surface area contributed by atoms with Crippen LogP contribution in [0.4, 0.5) is 11.8 Å². The highest BCUT2D eigenvalue weighted by Crippen LogP contribution is 2.27. The number of anilines is 2. The maximum Gasteiger partial charge on any atom is 0.227 e. The number of rotatable bonds is 1. The molecule has 106 valence electrons. The van der Waals surface area contributed by atoms with Gasteiger partial charge in [-0.25, -0.2) is 4.98 Å². The van der Waals surface area contributed by atoms with E-state index < -0.39 is 0 Å². The highest BCUT2D eigenvalue weighted by molar-refractivity contribution is 5.47. The highest BCUT2D eigenvalue weighted by atomic mass is 15.3. The number of hydrogen-bond acceptors (Lipinski definition) is 5. The molecule has 1 fully saturated rings. The van der Waals surface area contributed by atoms with Crippen molar-refractivity contribution in [3.8, 4) is 0 Å². The highest BCUT2D eigenvalue weighted by Gasteiger charge is 2.25. The predicted octanol–water partition coefficient (Wildman–Crippen LogP) is 1.54. The maximum absolute atomic E-state index is 6.09. The Balaban J connectivity index is 2.25. The molecule has 1 aliphatic heterocycles. The van der Waals surface area contributed by atoms with Gasteiger partial charge in [-0.2, -0.15) is 4.98 Å². The number of nitrogen functional groups attached to an aromatic ring is 1. The Kier molecular flexibility index (Phi) is 3.67. The van der Waals surface area contributed by atoms with E-state index in [1.165, 1.54) is 0 Å². The molecule has 0 spiro atoms. The topological polar surface area (TPSA) is 67.1 Å². The maximum atomic E-state index is 6.09. The van der Waals surface area contributed by atoms with Gasteiger partial charge in [0, 0.05) is 36.9 Å². The van der Waals surface area contributed by atoms with Gasteiger partial charge >= 0.3 is 0 Å². The molecular weight excluding hydrogens is 238 g/mol. The van der Waals surface area contributed by atoms with Crippen molar-refractivity contribution >= 4 is 11.8 Å². The van der Waals surface area contributed by atoms with Gasteiger partial charge in [0.25, 0.3) is 0 Å². The monoisotopic (exact) mass is 263 g/mol. The Bertz CT molecular complexity index is 442. The second kappa shape index (κ2) is 4.96. The molecule has 3 N–H and O–H groups in total. The van der Waals surface area contributed by atoms with Crippen molar-refractivity contribution in [1.82, 2.24) is 15.3 Å². The van der Waals surface area contributed by atoms with Crippen molar-refractivity contribution in [2.45, 2.75) is 52.1 Å². The Morgan fingerprint density at radius 3 is 2.32 bits per heavy atom. The van der Waals surface area contributed by atoms with Crippen molar-refractivity contribution in [2.24, 2.45) is 0 Å². The number of piperazine rings is 1. The zero-order valence-corrected chi connectivity index (χ0v) is 12.6. The van der Waals surface area contributed by atoms with Crippen LogP contribution in [0.25, 0.3) is 0 Å². The number of nitrogens with zero attached hydrogens (tertiary/aromatic N) is 3. The summed E-state index contributed by atoms with van der Waals surface area (Å²) < 4.78 is 0. The van der Waals surface area contributed by atoms with E-state index in [-0.39, 0.29) is 5.41 Å². The molecular formula is C14H25N5. The van der Waals surface area contributed by atoms with Gasteiger partial charge in [-0.05, 0) is 19.3 Å². The Morgan fingerprint density at radius 1 is 1.26 bits per heavy atom. The zero-order chi connectivity index (χ0) is 14.2. The summed E-state index contributed by atoms with van der Waals surface area (Å²) in [4.78, 5) is 11.2. The van der Waals surface area contributed by atoms with Gasteiger partial charge in [-0.15, -0.1) is 0 Å². The molecule has 19 heavy (non-hydrogen) atoms. The van der Waals surface area contributed by atoms with Crippen LogP contribution in [0.15, 0.2) is 6.20 Å². The normalized spacial score (nSPS) is 24.6. The average Bonchev–Trinajstić information content (AvgIpc) is 2.25. The lowest BCUT2D eigenvalue weighted by molar-refractivity contribution is 0.403. The van der Waals surface area contributed by atoms with Crippen LogP contribution >= 0.6 is 0 Å². The molecule has 0 aliphatic carbocycles. The number of hydrogen-bond donors (Lipinski definition) is 2. The summed E-state index contributed by atoms with van der Waals surface area (Å²) in [6.45, 7) is 12.5. The first-order valence-corrected chi connectivity index (χ1v) is 6.91. The number of nitrogens with two attached hydrogens (primary N) is 1. The van der Waals surface area contributed by atoms with Gasteiger partial charge in [0.2, 0.25) is 5.95 Å². The fourth-order valence-electron chi connectivity index (χ4n) is 2.61. The molecule has 2 heterocycles. The van der Waals surface area contributed by atoms with E-state index in [4.69, 9.17) is 5.73 Å². The van der Waals surface area contributed by atoms with Gasteiger partial charge in [0.1, 0.15) is 5.82 Å². The molecule has 0 aromatic carbocycles. The van der Waals surface area contributed by atoms with Crippen LogP contribution in [0, 0.1) is 0 Å². The first kappa shape index (κ1) is 14.1. The molecule has 2 rings (SSSR count). The van der Waals surface area contributed by atoms with Crippen molar-refractivity contribution in [2.75, 3.05) is 23.7 Å². The summed E-state index contributed by atoms with van der Waals surface area (Å²) >= 11 is 0. The summed E-state index contributed by atoms with van der Waals surface area (Å²) in [5.41, 5.74) is 7.08. The van der Waals surface area contributed by atoms with Crippen molar-refractivity contribution in [1.29, 1.82) is 0 Å². The van der Waals surface area contributed by atoms with E-state index in [0.717, 1.165) is 24.6 Å². The van der Waals surface area contributed by atoms with E-state index >= 15 is 0 Å². The van der Waals surface area contributed by atoms with Crippen LogP contribution in [0.3, 0.4) is 0 Å². The largest absolute Gasteiger partial charge is 0.383 e. The molecule has 0 radical (unpaired) electrons. The van der Waals surface area contributed by atoms with E-state index in [9.17, 15) is 0 Å². The van der Waals surface area contributed by atoms with Gasteiger partial charge in [-0.1, -0.05) is 20.8 Å². The average molecular weight is 263 g/mol. The first-order valence-electron chi connectivity index (χ1n) is 6.91.